The number of hydroxylamine groups is 1. The summed E-state index contributed by atoms with van der Waals surface area (Å²) in [6.45, 7) is 3.66. The van der Waals surface area contributed by atoms with E-state index in [9.17, 15) is 9.59 Å². The van der Waals surface area contributed by atoms with Crippen molar-refractivity contribution in [2.24, 2.45) is 5.73 Å². The summed E-state index contributed by atoms with van der Waals surface area (Å²) in [7, 11) is 3.06. The first-order chi connectivity index (χ1) is 17.0. The van der Waals surface area contributed by atoms with E-state index in [1.807, 2.05) is 47.4 Å². The molecule has 1 aliphatic heterocycles. The third-order valence-corrected chi connectivity index (χ3v) is 6.68. The van der Waals surface area contributed by atoms with Crippen LogP contribution in [-0.4, -0.2) is 68.1 Å². The number of nitrogens with zero attached hydrogens (tertiary/aromatic N) is 2. The maximum atomic E-state index is 12.7. The van der Waals surface area contributed by atoms with E-state index in [-0.39, 0.29) is 5.91 Å². The van der Waals surface area contributed by atoms with Gasteiger partial charge in [0.05, 0.1) is 19.8 Å². The molecular formula is C27H38N4O4. The number of methoxy groups -OCH3 is 1. The highest BCUT2D eigenvalue weighted by molar-refractivity contribution is 5.97. The summed E-state index contributed by atoms with van der Waals surface area (Å²) in [6, 6.07) is 16.8. The van der Waals surface area contributed by atoms with Gasteiger partial charge in [0.25, 0.3) is 5.91 Å². The molecule has 3 N–H and O–H groups in total. The number of carbonyl (C=O) groups excluding carboxylic acids is 2. The van der Waals surface area contributed by atoms with Crippen molar-refractivity contribution in [3.63, 3.8) is 0 Å². The van der Waals surface area contributed by atoms with Gasteiger partial charge < -0.3 is 20.2 Å². The van der Waals surface area contributed by atoms with Crippen LogP contribution in [0.3, 0.4) is 0 Å². The molecule has 2 amide bonds. The molecule has 2 fully saturated rings. The van der Waals surface area contributed by atoms with Crippen molar-refractivity contribution in [2.75, 3.05) is 40.4 Å². The summed E-state index contributed by atoms with van der Waals surface area (Å²) >= 11 is 0. The van der Waals surface area contributed by atoms with Gasteiger partial charge >= 0.3 is 0 Å². The summed E-state index contributed by atoms with van der Waals surface area (Å²) in [5.74, 6) is 0.302. The molecular weight excluding hydrogens is 444 g/mol. The van der Waals surface area contributed by atoms with Crippen LogP contribution in [0, 0.1) is 0 Å². The van der Waals surface area contributed by atoms with E-state index in [2.05, 4.69) is 15.2 Å². The average molecular weight is 483 g/mol. The zero-order valence-electron chi connectivity index (χ0n) is 20.8. The summed E-state index contributed by atoms with van der Waals surface area (Å²) < 4.78 is 5.32. The molecule has 2 aromatic carbocycles. The van der Waals surface area contributed by atoms with Crippen LogP contribution in [0.15, 0.2) is 54.6 Å². The van der Waals surface area contributed by atoms with Crippen LogP contribution >= 0.6 is 0 Å². The van der Waals surface area contributed by atoms with Gasteiger partial charge in [-0.3, -0.25) is 14.5 Å². The van der Waals surface area contributed by atoms with Crippen LogP contribution in [0.2, 0.25) is 0 Å². The molecule has 1 saturated heterocycles. The average Bonchev–Trinajstić information content (AvgIpc) is 2.92. The van der Waals surface area contributed by atoms with Gasteiger partial charge in [-0.2, -0.15) is 5.48 Å². The fourth-order valence-electron chi connectivity index (χ4n) is 4.78. The van der Waals surface area contributed by atoms with Crippen LogP contribution in [-0.2, 0) is 9.63 Å². The Bertz CT molecular complexity index is 926. The second-order valence-electron chi connectivity index (χ2n) is 8.89. The molecule has 0 aromatic heterocycles. The highest BCUT2D eigenvalue weighted by Gasteiger charge is 2.28. The third-order valence-electron chi connectivity index (χ3n) is 6.68. The van der Waals surface area contributed by atoms with E-state index >= 15 is 0 Å². The van der Waals surface area contributed by atoms with Crippen molar-refractivity contribution >= 4 is 11.8 Å². The Labute approximate surface area is 208 Å². The Morgan fingerprint density at radius 2 is 1.54 bits per heavy atom. The van der Waals surface area contributed by atoms with Gasteiger partial charge in [-0.25, -0.2) is 0 Å². The molecule has 0 radical (unpaired) electrons. The number of hydrogen-bond donors (Lipinski definition) is 2. The molecule has 1 atom stereocenters. The number of nitrogens with one attached hydrogen (secondary N) is 1. The molecule has 0 bridgehead atoms. The van der Waals surface area contributed by atoms with Crippen molar-refractivity contribution in [1.29, 1.82) is 0 Å². The lowest BCUT2D eigenvalue weighted by molar-refractivity contribution is -0.123. The van der Waals surface area contributed by atoms with E-state index in [1.165, 1.54) is 39.2 Å². The number of para-hydroxylation sites is 1. The largest absolute Gasteiger partial charge is 0.496 e. The predicted octanol–water partition coefficient (Wildman–Crippen LogP) is 3.15. The van der Waals surface area contributed by atoms with Gasteiger partial charge in [-0.1, -0.05) is 61.7 Å². The zero-order valence-corrected chi connectivity index (χ0v) is 20.8. The Morgan fingerprint density at radius 1 is 0.914 bits per heavy atom. The first-order valence-corrected chi connectivity index (χ1v) is 12.3. The smallest absolute Gasteiger partial charge is 0.257 e. The molecule has 2 aromatic rings. The van der Waals surface area contributed by atoms with Gasteiger partial charge in [-0.15, -0.1) is 0 Å². The minimum atomic E-state index is -0.591. The van der Waals surface area contributed by atoms with E-state index in [1.54, 1.807) is 19.2 Å². The Morgan fingerprint density at radius 3 is 2.14 bits per heavy atom. The lowest BCUT2D eigenvalue weighted by Gasteiger charge is -2.40. The second-order valence-corrected chi connectivity index (χ2v) is 8.89. The van der Waals surface area contributed by atoms with E-state index in [0.717, 1.165) is 37.8 Å². The fourth-order valence-corrected chi connectivity index (χ4v) is 4.78. The molecule has 8 heteroatoms. The summed E-state index contributed by atoms with van der Waals surface area (Å²) in [5, 5.41) is 0. The summed E-state index contributed by atoms with van der Waals surface area (Å²) in [5.41, 5.74) is 9.16. The maximum absolute atomic E-state index is 12.7. The molecule has 4 rings (SSSR count). The van der Waals surface area contributed by atoms with E-state index in [0.29, 0.717) is 11.3 Å². The molecule has 1 aliphatic carbocycles. The lowest BCUT2D eigenvalue weighted by Crippen LogP contribution is -2.52. The van der Waals surface area contributed by atoms with Crippen molar-refractivity contribution in [3.8, 4) is 5.75 Å². The number of amides is 2. The highest BCUT2D eigenvalue weighted by atomic mass is 16.6. The normalized spacial score (nSPS) is 17.7. The minimum absolute atomic E-state index is 0.0979. The topological polar surface area (TPSA) is 97.1 Å². The minimum Gasteiger partial charge on any atom is -0.496 e. The van der Waals surface area contributed by atoms with Crippen molar-refractivity contribution in [3.05, 3.63) is 65.7 Å². The monoisotopic (exact) mass is 482 g/mol. The summed E-state index contributed by atoms with van der Waals surface area (Å²) in [4.78, 5) is 32.9. The molecule has 1 saturated carbocycles. The lowest BCUT2D eigenvalue weighted by atomic mass is 9.94. The molecule has 1 unspecified atom stereocenters. The Balaban J connectivity index is 0.000000225. The van der Waals surface area contributed by atoms with Crippen LogP contribution in [0.5, 0.6) is 5.75 Å². The van der Waals surface area contributed by atoms with Crippen LogP contribution in [0.25, 0.3) is 0 Å². The van der Waals surface area contributed by atoms with E-state index < -0.39 is 11.9 Å². The quantitative estimate of drug-likeness (QED) is 0.589. The molecule has 35 heavy (non-hydrogen) atoms. The SMILES string of the molecule is CONC(C(N)=O)c1ccccc1.COc1ccccc1C(=O)N1CCN(C2CCCCC2)CC1. The Kier molecular flexibility index (Phi) is 10.5. The van der Waals surface area contributed by atoms with E-state index in [4.69, 9.17) is 10.5 Å². The number of rotatable bonds is 7. The Hall–Kier alpha value is -2.94. The number of hydrogen-bond acceptors (Lipinski definition) is 6. The number of piperazine rings is 1. The van der Waals surface area contributed by atoms with Crippen LogP contribution in [0.4, 0.5) is 0 Å². The standard InChI is InChI=1S/C18H26N2O2.C9H12N2O2/c1-22-17-10-6-5-9-16(17)18(21)20-13-11-19(12-14-20)15-7-3-2-4-8-15;1-13-11-8(9(10)12)7-5-3-2-4-6-7/h5-6,9-10,15H,2-4,7-8,11-14H2,1H3;2-6,8,11H,1H3,(H2,10,12). The fraction of sp³-hybridized carbons (Fsp3) is 0.481. The highest BCUT2D eigenvalue weighted by Crippen LogP contribution is 2.25. The van der Waals surface area contributed by atoms with Gasteiger partial charge in [-0.05, 0) is 30.5 Å². The van der Waals surface area contributed by atoms with Gasteiger partial charge in [0.2, 0.25) is 5.91 Å². The second kappa shape index (κ2) is 13.8. The number of nitrogens with two attached hydrogens (primary N) is 1. The zero-order chi connectivity index (χ0) is 25.0. The molecule has 8 nitrogen and oxygen atoms in total. The summed E-state index contributed by atoms with van der Waals surface area (Å²) in [6.07, 6.45) is 6.79. The number of benzene rings is 2. The first-order valence-electron chi connectivity index (χ1n) is 12.3. The van der Waals surface area contributed by atoms with Crippen LogP contribution < -0.4 is 16.0 Å². The van der Waals surface area contributed by atoms with Crippen LogP contribution in [0.1, 0.15) is 54.1 Å². The number of carbonyl (C=O) groups is 2. The van der Waals surface area contributed by atoms with Crippen molar-refractivity contribution in [1.82, 2.24) is 15.3 Å². The van der Waals surface area contributed by atoms with Gasteiger partial charge in [0.1, 0.15) is 11.8 Å². The molecule has 0 spiro atoms. The first kappa shape index (κ1) is 26.7. The van der Waals surface area contributed by atoms with Crippen molar-refractivity contribution < 1.29 is 19.2 Å². The number of primary amides is 1. The third kappa shape index (κ3) is 7.52. The molecule has 2 aliphatic rings. The van der Waals surface area contributed by atoms with Gasteiger partial charge in [0.15, 0.2) is 0 Å². The van der Waals surface area contributed by atoms with Gasteiger partial charge in [0, 0.05) is 32.2 Å². The molecule has 1 heterocycles. The number of ether oxygens (including phenoxy) is 1. The van der Waals surface area contributed by atoms with Crippen molar-refractivity contribution in [2.45, 2.75) is 44.2 Å². The maximum Gasteiger partial charge on any atom is 0.257 e. The predicted molar refractivity (Wildman–Crippen MR) is 136 cm³/mol. The molecule has 190 valence electrons.